The van der Waals surface area contributed by atoms with Gasteiger partial charge in [0.15, 0.2) is 5.82 Å². The number of nitrogens with one attached hydrogen (secondary N) is 1. The molecule has 0 bridgehead atoms. The first-order chi connectivity index (χ1) is 8.65. The Labute approximate surface area is 116 Å². The summed E-state index contributed by atoms with van der Waals surface area (Å²) >= 11 is 3.37. The second-order valence-electron chi connectivity index (χ2n) is 4.65. The van der Waals surface area contributed by atoms with Gasteiger partial charge in [-0.15, -0.1) is 0 Å². The fourth-order valence-electron chi connectivity index (χ4n) is 1.59. The van der Waals surface area contributed by atoms with Gasteiger partial charge in [0.1, 0.15) is 0 Å². The smallest absolute Gasteiger partial charge is 0.153 e. The highest BCUT2D eigenvalue weighted by Gasteiger charge is 2.01. The molecule has 0 aliphatic heterocycles. The molecule has 0 aliphatic rings. The van der Waals surface area contributed by atoms with E-state index in [2.05, 4.69) is 51.2 Å². The van der Waals surface area contributed by atoms with E-state index < -0.39 is 0 Å². The van der Waals surface area contributed by atoms with E-state index >= 15 is 0 Å². The van der Waals surface area contributed by atoms with Gasteiger partial charge < -0.3 is 5.32 Å². The van der Waals surface area contributed by atoms with Crippen molar-refractivity contribution in [2.75, 3.05) is 6.54 Å². The van der Waals surface area contributed by atoms with Crippen LogP contribution in [0.2, 0.25) is 0 Å². The maximum atomic E-state index is 4.40. The zero-order chi connectivity index (χ0) is 13.0. The molecule has 0 atom stereocenters. The molecule has 2 aromatic heterocycles. The molecule has 0 aliphatic carbocycles. The number of nitrogens with zero attached hydrogens (tertiary/aromatic N) is 3. The molecular formula is C13H17BrN4. The van der Waals surface area contributed by atoms with Gasteiger partial charge in [0, 0.05) is 18.9 Å². The first kappa shape index (κ1) is 13.2. The van der Waals surface area contributed by atoms with Crippen LogP contribution in [0.3, 0.4) is 0 Å². The number of aromatic nitrogens is 3. The molecule has 0 fully saturated rings. The number of hydrogen-bond donors (Lipinski definition) is 1. The second-order valence-corrected chi connectivity index (χ2v) is 5.57. The van der Waals surface area contributed by atoms with Crippen molar-refractivity contribution < 1.29 is 0 Å². The first-order valence-corrected chi connectivity index (χ1v) is 6.80. The van der Waals surface area contributed by atoms with E-state index in [-0.39, 0.29) is 0 Å². The van der Waals surface area contributed by atoms with Crippen LogP contribution >= 0.6 is 15.9 Å². The third-order valence-corrected chi connectivity index (χ3v) is 2.89. The topological polar surface area (TPSA) is 42.7 Å². The quantitative estimate of drug-likeness (QED) is 0.923. The highest BCUT2D eigenvalue weighted by atomic mass is 79.9. The zero-order valence-electron chi connectivity index (χ0n) is 10.6. The predicted octanol–water partition coefficient (Wildman–Crippen LogP) is 2.78. The van der Waals surface area contributed by atoms with Crippen LogP contribution in [0.4, 0.5) is 0 Å². The van der Waals surface area contributed by atoms with Gasteiger partial charge >= 0.3 is 0 Å². The molecule has 0 saturated heterocycles. The molecule has 4 nitrogen and oxygen atoms in total. The lowest BCUT2D eigenvalue weighted by atomic mass is 10.2. The van der Waals surface area contributed by atoms with Gasteiger partial charge in [-0.25, -0.2) is 9.67 Å². The van der Waals surface area contributed by atoms with Crippen LogP contribution in [0.15, 0.2) is 35.2 Å². The second kappa shape index (κ2) is 6.11. The minimum absolute atomic E-state index is 0.665. The lowest BCUT2D eigenvalue weighted by Gasteiger charge is -2.07. The van der Waals surface area contributed by atoms with Crippen LogP contribution in [0.25, 0.3) is 5.82 Å². The maximum Gasteiger partial charge on any atom is 0.153 e. The molecule has 0 aromatic carbocycles. The van der Waals surface area contributed by atoms with Gasteiger partial charge in [0.2, 0.25) is 0 Å². The molecule has 0 amide bonds. The molecule has 18 heavy (non-hydrogen) atoms. The van der Waals surface area contributed by atoms with E-state index in [1.54, 1.807) is 10.9 Å². The summed E-state index contributed by atoms with van der Waals surface area (Å²) in [4.78, 5) is 4.40. The Hall–Kier alpha value is -1.20. The Balaban J connectivity index is 1.97. The van der Waals surface area contributed by atoms with Crippen molar-refractivity contribution in [3.05, 3.63) is 40.8 Å². The van der Waals surface area contributed by atoms with E-state index in [0.717, 1.165) is 23.4 Å². The summed E-state index contributed by atoms with van der Waals surface area (Å²) in [6, 6.07) is 4.05. The van der Waals surface area contributed by atoms with Crippen LogP contribution < -0.4 is 5.32 Å². The molecular weight excluding hydrogens is 292 g/mol. The molecule has 0 saturated carbocycles. The monoisotopic (exact) mass is 308 g/mol. The van der Waals surface area contributed by atoms with E-state index in [1.165, 1.54) is 5.56 Å². The van der Waals surface area contributed by atoms with Crippen molar-refractivity contribution in [1.29, 1.82) is 0 Å². The Morgan fingerprint density at radius 3 is 2.72 bits per heavy atom. The molecule has 96 valence electrons. The normalized spacial score (nSPS) is 11.1. The van der Waals surface area contributed by atoms with Crippen LogP contribution in [0.5, 0.6) is 0 Å². The SMILES string of the molecule is CC(C)CNCc1ccc(-n2cc(Br)cn2)nc1. The van der Waals surface area contributed by atoms with E-state index in [9.17, 15) is 0 Å². The van der Waals surface area contributed by atoms with Gasteiger partial charge in [-0.1, -0.05) is 19.9 Å². The lowest BCUT2D eigenvalue weighted by molar-refractivity contribution is 0.552. The standard InChI is InChI=1S/C13H17BrN4/c1-10(2)5-15-6-11-3-4-13(16-7-11)18-9-12(14)8-17-18/h3-4,7-10,15H,5-6H2,1-2H3. The van der Waals surface area contributed by atoms with Crippen LogP contribution in [-0.4, -0.2) is 21.3 Å². The summed E-state index contributed by atoms with van der Waals surface area (Å²) in [6.07, 6.45) is 5.52. The molecule has 0 radical (unpaired) electrons. The van der Waals surface area contributed by atoms with Crippen molar-refractivity contribution in [2.45, 2.75) is 20.4 Å². The minimum Gasteiger partial charge on any atom is -0.312 e. The molecule has 0 spiro atoms. The molecule has 2 rings (SSSR count). The number of pyridine rings is 1. The van der Waals surface area contributed by atoms with Crippen molar-refractivity contribution in [3.63, 3.8) is 0 Å². The highest BCUT2D eigenvalue weighted by molar-refractivity contribution is 9.10. The van der Waals surface area contributed by atoms with Gasteiger partial charge in [0.25, 0.3) is 0 Å². The molecule has 1 N–H and O–H groups in total. The Kier molecular flexibility index (Phi) is 4.49. The van der Waals surface area contributed by atoms with Crippen molar-refractivity contribution in [2.24, 2.45) is 5.92 Å². The fourth-order valence-corrected chi connectivity index (χ4v) is 1.87. The first-order valence-electron chi connectivity index (χ1n) is 6.01. The number of halogens is 1. The summed E-state index contributed by atoms with van der Waals surface area (Å²) in [5, 5.41) is 7.59. The summed E-state index contributed by atoms with van der Waals surface area (Å²) < 4.78 is 2.70. The van der Waals surface area contributed by atoms with Crippen molar-refractivity contribution >= 4 is 15.9 Å². The maximum absolute atomic E-state index is 4.40. The Bertz CT molecular complexity index is 490. The average molecular weight is 309 g/mol. The largest absolute Gasteiger partial charge is 0.312 e. The Morgan fingerprint density at radius 2 is 2.17 bits per heavy atom. The van der Waals surface area contributed by atoms with Crippen LogP contribution in [0.1, 0.15) is 19.4 Å². The summed E-state index contributed by atoms with van der Waals surface area (Å²) in [5.74, 6) is 1.49. The fraction of sp³-hybridized carbons (Fsp3) is 0.385. The molecule has 0 unspecified atom stereocenters. The van der Waals surface area contributed by atoms with E-state index in [0.29, 0.717) is 5.92 Å². The minimum atomic E-state index is 0.665. The predicted molar refractivity (Wildman–Crippen MR) is 75.6 cm³/mol. The number of rotatable bonds is 5. The average Bonchev–Trinajstić information content (AvgIpc) is 2.76. The van der Waals surface area contributed by atoms with Crippen LogP contribution in [-0.2, 0) is 6.54 Å². The van der Waals surface area contributed by atoms with Gasteiger partial charge in [-0.05, 0) is 40.0 Å². The lowest BCUT2D eigenvalue weighted by Crippen LogP contribution is -2.19. The Morgan fingerprint density at radius 1 is 1.33 bits per heavy atom. The molecule has 2 aromatic rings. The van der Waals surface area contributed by atoms with Crippen molar-refractivity contribution in [3.8, 4) is 5.82 Å². The van der Waals surface area contributed by atoms with Gasteiger partial charge in [-0.3, -0.25) is 0 Å². The van der Waals surface area contributed by atoms with E-state index in [1.807, 2.05) is 18.5 Å². The van der Waals surface area contributed by atoms with Gasteiger partial charge in [0.05, 0.1) is 10.7 Å². The summed E-state index contributed by atoms with van der Waals surface area (Å²) in [7, 11) is 0. The third kappa shape index (κ3) is 3.65. The van der Waals surface area contributed by atoms with Crippen LogP contribution in [0, 0.1) is 5.92 Å². The zero-order valence-corrected chi connectivity index (χ0v) is 12.2. The summed E-state index contributed by atoms with van der Waals surface area (Å²) in [5.41, 5.74) is 1.19. The highest BCUT2D eigenvalue weighted by Crippen LogP contribution is 2.11. The molecule has 2 heterocycles. The third-order valence-electron chi connectivity index (χ3n) is 2.48. The van der Waals surface area contributed by atoms with E-state index in [4.69, 9.17) is 0 Å². The molecule has 5 heteroatoms. The number of hydrogen-bond acceptors (Lipinski definition) is 3. The van der Waals surface area contributed by atoms with Gasteiger partial charge in [-0.2, -0.15) is 5.10 Å². The summed E-state index contributed by atoms with van der Waals surface area (Å²) in [6.45, 7) is 6.27. The van der Waals surface area contributed by atoms with Crippen molar-refractivity contribution in [1.82, 2.24) is 20.1 Å².